The van der Waals surface area contributed by atoms with Crippen molar-refractivity contribution in [1.82, 2.24) is 5.32 Å². The predicted octanol–water partition coefficient (Wildman–Crippen LogP) is 0.620. The molecule has 0 radical (unpaired) electrons. The molecule has 5 heteroatoms. The van der Waals surface area contributed by atoms with Crippen LogP contribution in [0.3, 0.4) is 0 Å². The Balaban J connectivity index is 2.58. The third-order valence-electron chi connectivity index (χ3n) is 3.40. The number of amides is 1. The van der Waals surface area contributed by atoms with Gasteiger partial charge >= 0.3 is 5.97 Å². The molecular weight excluding hydrogens is 222 g/mol. The molecule has 0 heterocycles. The first-order chi connectivity index (χ1) is 7.95. The molecule has 98 valence electrons. The number of rotatable bonds is 5. The Labute approximate surface area is 101 Å². The molecule has 4 atom stereocenters. The van der Waals surface area contributed by atoms with E-state index in [9.17, 15) is 9.59 Å². The van der Waals surface area contributed by atoms with Gasteiger partial charge in [-0.05, 0) is 32.1 Å². The number of hydrogen-bond acceptors (Lipinski definition) is 3. The molecule has 0 bridgehead atoms. The highest BCUT2D eigenvalue weighted by molar-refractivity contribution is 5.85. The van der Waals surface area contributed by atoms with Crippen LogP contribution in [0.15, 0.2) is 0 Å². The standard InChI is InChI=1S/C12H21NO4/c1-7-5-9(10(6-7)12(16)17)11(15)13-8(2)3-4-14/h7-10,14H,3-6H2,1-2H3,(H,13,15)(H,16,17)/t7?,8?,9-,10+/m0/s1. The fourth-order valence-electron chi connectivity index (χ4n) is 2.47. The molecule has 1 fully saturated rings. The van der Waals surface area contributed by atoms with Gasteiger partial charge in [-0.25, -0.2) is 0 Å². The highest BCUT2D eigenvalue weighted by Crippen LogP contribution is 2.36. The van der Waals surface area contributed by atoms with Crippen LogP contribution in [0.2, 0.25) is 0 Å². The lowest BCUT2D eigenvalue weighted by Crippen LogP contribution is -2.40. The summed E-state index contributed by atoms with van der Waals surface area (Å²) in [5.74, 6) is -1.79. The maximum atomic E-state index is 11.9. The quantitative estimate of drug-likeness (QED) is 0.660. The van der Waals surface area contributed by atoms with E-state index >= 15 is 0 Å². The number of carbonyl (C=O) groups is 2. The van der Waals surface area contributed by atoms with Gasteiger partial charge in [-0.15, -0.1) is 0 Å². The number of carboxylic acid groups (broad SMARTS) is 1. The van der Waals surface area contributed by atoms with Gasteiger partial charge in [0.2, 0.25) is 5.91 Å². The van der Waals surface area contributed by atoms with Gasteiger partial charge in [-0.2, -0.15) is 0 Å². The molecule has 17 heavy (non-hydrogen) atoms. The van der Waals surface area contributed by atoms with Crippen molar-refractivity contribution >= 4 is 11.9 Å². The van der Waals surface area contributed by atoms with Crippen molar-refractivity contribution in [2.45, 2.75) is 39.2 Å². The van der Waals surface area contributed by atoms with Crippen LogP contribution in [-0.4, -0.2) is 34.7 Å². The minimum absolute atomic E-state index is 0.0187. The van der Waals surface area contributed by atoms with E-state index in [0.717, 1.165) is 0 Å². The second-order valence-electron chi connectivity index (χ2n) is 5.05. The van der Waals surface area contributed by atoms with Crippen LogP contribution in [0.5, 0.6) is 0 Å². The first-order valence-corrected chi connectivity index (χ1v) is 6.09. The van der Waals surface area contributed by atoms with Gasteiger partial charge in [0.05, 0.1) is 11.8 Å². The molecule has 0 spiro atoms. The lowest BCUT2D eigenvalue weighted by molar-refractivity contribution is -0.146. The number of aliphatic hydroxyl groups excluding tert-OH is 1. The minimum Gasteiger partial charge on any atom is -0.481 e. The van der Waals surface area contributed by atoms with E-state index in [2.05, 4.69) is 5.32 Å². The van der Waals surface area contributed by atoms with Gasteiger partial charge in [-0.1, -0.05) is 6.92 Å². The fourth-order valence-corrected chi connectivity index (χ4v) is 2.47. The molecule has 1 rings (SSSR count). The van der Waals surface area contributed by atoms with Gasteiger partial charge in [-0.3, -0.25) is 9.59 Å². The summed E-state index contributed by atoms with van der Waals surface area (Å²) in [5, 5.41) is 20.6. The van der Waals surface area contributed by atoms with Crippen LogP contribution in [-0.2, 0) is 9.59 Å². The number of aliphatic carboxylic acids is 1. The van der Waals surface area contributed by atoms with Crippen LogP contribution in [0, 0.1) is 17.8 Å². The number of nitrogens with one attached hydrogen (secondary N) is 1. The Morgan fingerprint density at radius 2 is 1.94 bits per heavy atom. The summed E-state index contributed by atoms with van der Waals surface area (Å²) in [6.07, 6.45) is 1.70. The summed E-state index contributed by atoms with van der Waals surface area (Å²) < 4.78 is 0. The minimum atomic E-state index is -0.885. The molecule has 3 N–H and O–H groups in total. The van der Waals surface area contributed by atoms with Crippen molar-refractivity contribution in [3.05, 3.63) is 0 Å². The van der Waals surface area contributed by atoms with Gasteiger partial charge in [0.15, 0.2) is 0 Å². The van der Waals surface area contributed by atoms with Crippen molar-refractivity contribution in [2.24, 2.45) is 17.8 Å². The SMILES string of the molecule is CC1C[C@H](C(=O)NC(C)CCO)[C@H](C(=O)O)C1. The lowest BCUT2D eigenvalue weighted by Gasteiger charge is -2.19. The Kier molecular flexibility index (Phi) is 4.93. The summed E-state index contributed by atoms with van der Waals surface area (Å²) in [6.45, 7) is 3.80. The average Bonchev–Trinajstić information content (AvgIpc) is 2.60. The zero-order valence-corrected chi connectivity index (χ0v) is 10.3. The van der Waals surface area contributed by atoms with Crippen molar-refractivity contribution in [2.75, 3.05) is 6.61 Å². The number of hydrogen-bond donors (Lipinski definition) is 3. The summed E-state index contributed by atoms with van der Waals surface area (Å²) in [4.78, 5) is 23.0. The molecule has 1 aliphatic rings. The van der Waals surface area contributed by atoms with Gasteiger partial charge < -0.3 is 15.5 Å². The van der Waals surface area contributed by atoms with Crippen LogP contribution < -0.4 is 5.32 Å². The van der Waals surface area contributed by atoms with Crippen LogP contribution in [0.25, 0.3) is 0 Å². The van der Waals surface area contributed by atoms with Crippen molar-refractivity contribution in [3.63, 3.8) is 0 Å². The molecule has 0 saturated heterocycles. The number of aliphatic hydroxyl groups is 1. The van der Waals surface area contributed by atoms with Gasteiger partial charge in [0, 0.05) is 12.6 Å². The van der Waals surface area contributed by atoms with Crippen LogP contribution in [0.1, 0.15) is 33.1 Å². The monoisotopic (exact) mass is 243 g/mol. The van der Waals surface area contributed by atoms with Gasteiger partial charge in [0.25, 0.3) is 0 Å². The van der Waals surface area contributed by atoms with Crippen molar-refractivity contribution in [3.8, 4) is 0 Å². The molecule has 0 aliphatic heterocycles. The highest BCUT2D eigenvalue weighted by atomic mass is 16.4. The van der Waals surface area contributed by atoms with E-state index in [1.54, 1.807) is 0 Å². The molecular formula is C12H21NO4. The van der Waals surface area contributed by atoms with E-state index in [4.69, 9.17) is 10.2 Å². The third-order valence-corrected chi connectivity index (χ3v) is 3.40. The maximum Gasteiger partial charge on any atom is 0.307 e. The highest BCUT2D eigenvalue weighted by Gasteiger charge is 2.41. The predicted molar refractivity (Wildman–Crippen MR) is 62.3 cm³/mol. The Bertz CT molecular complexity index is 292. The van der Waals surface area contributed by atoms with E-state index < -0.39 is 17.8 Å². The maximum absolute atomic E-state index is 11.9. The van der Waals surface area contributed by atoms with E-state index in [1.807, 2.05) is 13.8 Å². The van der Waals surface area contributed by atoms with E-state index in [-0.39, 0.29) is 24.5 Å². The molecule has 1 amide bonds. The molecule has 5 nitrogen and oxygen atoms in total. The normalized spacial score (nSPS) is 29.9. The Morgan fingerprint density at radius 3 is 2.47 bits per heavy atom. The number of carbonyl (C=O) groups excluding carboxylic acids is 1. The number of carboxylic acids is 1. The molecule has 1 aliphatic carbocycles. The molecule has 1 saturated carbocycles. The zero-order valence-electron chi connectivity index (χ0n) is 10.3. The fraction of sp³-hybridized carbons (Fsp3) is 0.833. The second-order valence-corrected chi connectivity index (χ2v) is 5.05. The average molecular weight is 243 g/mol. The zero-order chi connectivity index (χ0) is 13.0. The second kappa shape index (κ2) is 6.00. The Hall–Kier alpha value is -1.10. The van der Waals surface area contributed by atoms with E-state index in [1.165, 1.54) is 0 Å². The summed E-state index contributed by atoms with van der Waals surface area (Å²) in [6, 6.07) is -0.113. The van der Waals surface area contributed by atoms with Crippen LogP contribution >= 0.6 is 0 Å². The van der Waals surface area contributed by atoms with E-state index in [0.29, 0.717) is 19.3 Å². The molecule has 0 aromatic carbocycles. The smallest absolute Gasteiger partial charge is 0.307 e. The Morgan fingerprint density at radius 1 is 1.35 bits per heavy atom. The summed E-state index contributed by atoms with van der Waals surface area (Å²) in [7, 11) is 0. The van der Waals surface area contributed by atoms with Crippen molar-refractivity contribution < 1.29 is 19.8 Å². The lowest BCUT2D eigenvalue weighted by atomic mass is 9.95. The summed E-state index contributed by atoms with van der Waals surface area (Å²) >= 11 is 0. The molecule has 2 unspecified atom stereocenters. The largest absolute Gasteiger partial charge is 0.481 e. The van der Waals surface area contributed by atoms with Crippen molar-refractivity contribution in [1.29, 1.82) is 0 Å². The molecule has 0 aromatic rings. The van der Waals surface area contributed by atoms with Crippen LogP contribution in [0.4, 0.5) is 0 Å². The van der Waals surface area contributed by atoms with Gasteiger partial charge in [0.1, 0.15) is 0 Å². The third kappa shape index (κ3) is 3.70. The summed E-state index contributed by atoms with van der Waals surface area (Å²) in [5.41, 5.74) is 0. The topological polar surface area (TPSA) is 86.6 Å². The molecule has 0 aromatic heterocycles. The first-order valence-electron chi connectivity index (χ1n) is 6.09. The first kappa shape index (κ1) is 14.0.